The van der Waals surface area contributed by atoms with Crippen LogP contribution in [0.5, 0.6) is 0 Å². The number of benzene rings is 1. The number of ether oxygens (including phenoxy) is 1. The maximum atomic E-state index is 5.60. The van der Waals surface area contributed by atoms with Crippen molar-refractivity contribution in [1.82, 2.24) is 0 Å². The molecule has 0 N–H and O–H groups in total. The van der Waals surface area contributed by atoms with Crippen LogP contribution in [0.1, 0.15) is 24.8 Å². The van der Waals surface area contributed by atoms with E-state index in [2.05, 4.69) is 32.2 Å². The molecular formula is C14H24OSi. The largest absolute Gasteiger partial charge is 0.382 e. The quantitative estimate of drug-likeness (QED) is 0.677. The Hall–Kier alpha value is -0.603. The number of hydrogen-bond acceptors (Lipinski definition) is 1. The highest BCUT2D eigenvalue weighted by Crippen LogP contribution is 2.14. The molecule has 1 aliphatic heterocycles. The Balaban J connectivity index is 0.000000165. The highest BCUT2D eigenvalue weighted by atomic mass is 28.3. The summed E-state index contributed by atoms with van der Waals surface area (Å²) in [5.74, 6) is 0. The molecule has 0 spiro atoms. The summed E-state index contributed by atoms with van der Waals surface area (Å²) in [7, 11) is -0.474. The van der Waals surface area contributed by atoms with Crippen LogP contribution in [0.15, 0.2) is 30.3 Å². The number of rotatable bonds is 1. The molecule has 0 saturated carbocycles. The van der Waals surface area contributed by atoms with Crippen LogP contribution in [0.25, 0.3) is 0 Å². The predicted molar refractivity (Wildman–Crippen MR) is 73.6 cm³/mol. The molecule has 2 heteroatoms. The summed E-state index contributed by atoms with van der Waals surface area (Å²) < 4.78 is 5.60. The molecular weight excluding hydrogens is 212 g/mol. The molecule has 1 unspecified atom stereocenters. The molecule has 0 radical (unpaired) electrons. The van der Waals surface area contributed by atoms with Crippen LogP contribution in [0, 0.1) is 6.92 Å². The Morgan fingerprint density at radius 3 is 2.12 bits per heavy atom. The lowest BCUT2D eigenvalue weighted by Crippen LogP contribution is -2.31. The highest BCUT2D eigenvalue weighted by Gasteiger charge is 2.17. The van der Waals surface area contributed by atoms with Crippen molar-refractivity contribution in [2.45, 2.75) is 45.0 Å². The van der Waals surface area contributed by atoms with Gasteiger partial charge in [-0.2, -0.15) is 0 Å². The van der Waals surface area contributed by atoms with E-state index in [0.29, 0.717) is 5.73 Å². The fourth-order valence-electron chi connectivity index (χ4n) is 1.83. The van der Waals surface area contributed by atoms with Gasteiger partial charge in [0, 0.05) is 12.3 Å². The molecule has 2 rings (SSSR count). The molecule has 0 amide bonds. The third kappa shape index (κ3) is 5.47. The Morgan fingerprint density at radius 2 is 1.81 bits per heavy atom. The first kappa shape index (κ1) is 13.5. The minimum absolute atomic E-state index is 0.474. The third-order valence-corrected chi connectivity index (χ3v) is 4.91. The SMILES string of the molecule is C[SiH](C)C1CCCCO1.Cc1ccccc1. The van der Waals surface area contributed by atoms with Crippen LogP contribution in [0.2, 0.25) is 13.1 Å². The van der Waals surface area contributed by atoms with Gasteiger partial charge in [0.25, 0.3) is 0 Å². The third-order valence-electron chi connectivity index (χ3n) is 2.90. The first-order valence-electron chi connectivity index (χ1n) is 6.33. The van der Waals surface area contributed by atoms with E-state index in [-0.39, 0.29) is 0 Å². The van der Waals surface area contributed by atoms with Gasteiger partial charge in [-0.05, 0) is 26.2 Å². The van der Waals surface area contributed by atoms with Gasteiger partial charge in [0.2, 0.25) is 0 Å². The van der Waals surface area contributed by atoms with Crippen LogP contribution < -0.4 is 0 Å². The summed E-state index contributed by atoms with van der Waals surface area (Å²) in [4.78, 5) is 0. The molecule has 1 saturated heterocycles. The van der Waals surface area contributed by atoms with Crippen LogP contribution in [-0.4, -0.2) is 21.1 Å². The Bertz CT molecular complexity index is 265. The van der Waals surface area contributed by atoms with Crippen molar-refractivity contribution in [2.24, 2.45) is 0 Å². The summed E-state index contributed by atoms with van der Waals surface area (Å²) >= 11 is 0. The standard InChI is InChI=1S/C7H16OSi.C7H8/c1-9(2)7-5-3-4-6-8-7;1-7-5-3-2-4-6-7/h7,9H,3-6H2,1-2H3;2-6H,1H3. The van der Waals surface area contributed by atoms with Crippen LogP contribution in [0.3, 0.4) is 0 Å². The van der Waals surface area contributed by atoms with E-state index in [4.69, 9.17) is 4.74 Å². The molecule has 1 aromatic carbocycles. The molecule has 0 aliphatic carbocycles. The fraction of sp³-hybridized carbons (Fsp3) is 0.571. The van der Waals surface area contributed by atoms with Crippen molar-refractivity contribution in [3.05, 3.63) is 35.9 Å². The zero-order valence-electron chi connectivity index (χ0n) is 10.8. The summed E-state index contributed by atoms with van der Waals surface area (Å²) in [6, 6.07) is 10.3. The van der Waals surface area contributed by atoms with Gasteiger partial charge in [0.1, 0.15) is 0 Å². The fourth-order valence-corrected chi connectivity index (χ4v) is 3.25. The van der Waals surface area contributed by atoms with Gasteiger partial charge < -0.3 is 4.74 Å². The van der Waals surface area contributed by atoms with E-state index in [0.717, 1.165) is 6.61 Å². The minimum Gasteiger partial charge on any atom is -0.382 e. The first-order chi connectivity index (χ1) is 7.70. The molecule has 16 heavy (non-hydrogen) atoms. The molecule has 1 fully saturated rings. The average molecular weight is 236 g/mol. The molecule has 1 nitrogen and oxygen atoms in total. The van der Waals surface area contributed by atoms with Gasteiger partial charge in [0.05, 0.1) is 8.80 Å². The Kier molecular flexibility index (Phi) is 6.42. The predicted octanol–water partition coefficient (Wildman–Crippen LogP) is 3.58. The van der Waals surface area contributed by atoms with Crippen molar-refractivity contribution in [3.8, 4) is 0 Å². The summed E-state index contributed by atoms with van der Waals surface area (Å²) in [6.45, 7) is 7.85. The topological polar surface area (TPSA) is 9.23 Å². The second kappa shape index (κ2) is 7.63. The number of hydrogen-bond donors (Lipinski definition) is 0. The van der Waals surface area contributed by atoms with E-state index in [1.54, 1.807) is 0 Å². The summed E-state index contributed by atoms with van der Waals surface area (Å²) in [5, 5.41) is 0. The van der Waals surface area contributed by atoms with E-state index >= 15 is 0 Å². The van der Waals surface area contributed by atoms with E-state index in [1.165, 1.54) is 24.8 Å². The molecule has 1 aromatic rings. The smallest absolute Gasteiger partial charge is 0.0656 e. The van der Waals surface area contributed by atoms with Crippen molar-refractivity contribution in [2.75, 3.05) is 6.61 Å². The Morgan fingerprint density at radius 1 is 1.12 bits per heavy atom. The molecule has 1 aliphatic rings. The number of aryl methyl sites for hydroxylation is 1. The molecule has 0 aromatic heterocycles. The van der Waals surface area contributed by atoms with Crippen LogP contribution in [-0.2, 0) is 4.74 Å². The highest BCUT2D eigenvalue weighted by molar-refractivity contribution is 6.57. The molecule has 1 atom stereocenters. The van der Waals surface area contributed by atoms with Gasteiger partial charge in [-0.3, -0.25) is 0 Å². The van der Waals surface area contributed by atoms with E-state index in [1.807, 2.05) is 18.2 Å². The normalized spacial score (nSPS) is 20.1. The summed E-state index contributed by atoms with van der Waals surface area (Å²) in [6.07, 6.45) is 4.03. The second-order valence-electron chi connectivity index (χ2n) is 4.80. The zero-order valence-corrected chi connectivity index (χ0v) is 11.9. The average Bonchev–Trinajstić information content (AvgIpc) is 2.32. The minimum atomic E-state index is -0.474. The van der Waals surface area contributed by atoms with Crippen LogP contribution >= 0.6 is 0 Å². The van der Waals surface area contributed by atoms with Crippen molar-refractivity contribution in [3.63, 3.8) is 0 Å². The van der Waals surface area contributed by atoms with Crippen molar-refractivity contribution in [1.29, 1.82) is 0 Å². The maximum absolute atomic E-state index is 5.60. The van der Waals surface area contributed by atoms with Gasteiger partial charge in [0.15, 0.2) is 0 Å². The van der Waals surface area contributed by atoms with Gasteiger partial charge in [-0.25, -0.2) is 0 Å². The van der Waals surface area contributed by atoms with E-state index in [9.17, 15) is 0 Å². The lowest BCUT2D eigenvalue weighted by atomic mass is 10.2. The lowest BCUT2D eigenvalue weighted by Gasteiger charge is -2.24. The van der Waals surface area contributed by atoms with Crippen LogP contribution in [0.4, 0.5) is 0 Å². The molecule has 90 valence electrons. The van der Waals surface area contributed by atoms with Gasteiger partial charge in [-0.15, -0.1) is 0 Å². The Labute approximate surface area is 101 Å². The molecule has 1 heterocycles. The first-order valence-corrected chi connectivity index (χ1v) is 9.31. The zero-order chi connectivity index (χ0) is 11.8. The van der Waals surface area contributed by atoms with Crippen molar-refractivity contribution < 1.29 is 4.74 Å². The monoisotopic (exact) mass is 236 g/mol. The van der Waals surface area contributed by atoms with Gasteiger partial charge in [-0.1, -0.05) is 49.0 Å². The summed E-state index contributed by atoms with van der Waals surface area (Å²) in [5.41, 5.74) is 2.02. The van der Waals surface area contributed by atoms with Crippen molar-refractivity contribution >= 4 is 8.80 Å². The maximum Gasteiger partial charge on any atom is 0.0656 e. The lowest BCUT2D eigenvalue weighted by molar-refractivity contribution is 0.0631. The van der Waals surface area contributed by atoms with E-state index < -0.39 is 8.80 Å². The van der Waals surface area contributed by atoms with Gasteiger partial charge >= 0.3 is 0 Å². The molecule has 0 bridgehead atoms. The second-order valence-corrected chi connectivity index (χ2v) is 8.04.